The van der Waals surface area contributed by atoms with Crippen molar-refractivity contribution in [1.82, 2.24) is 4.90 Å². The van der Waals surface area contributed by atoms with Crippen LogP contribution in [0.25, 0.3) is 0 Å². The Balaban J connectivity index is 1.87. The fourth-order valence-corrected chi connectivity index (χ4v) is 3.84. The molecule has 0 spiro atoms. The molecule has 3 N–H and O–H groups in total. The molecule has 2 fully saturated rings. The van der Waals surface area contributed by atoms with Gasteiger partial charge in [0.25, 0.3) is 0 Å². The number of nitrogens with zero attached hydrogens (tertiary/aromatic N) is 1. The predicted molar refractivity (Wildman–Crippen MR) is 75.4 cm³/mol. The van der Waals surface area contributed by atoms with Gasteiger partial charge in [-0.3, -0.25) is 0 Å². The molecule has 0 heterocycles. The lowest BCUT2D eigenvalue weighted by atomic mass is 9.78. The van der Waals surface area contributed by atoms with E-state index in [2.05, 4.69) is 18.9 Å². The van der Waals surface area contributed by atoms with Gasteiger partial charge in [0.15, 0.2) is 0 Å². The van der Waals surface area contributed by atoms with Crippen molar-refractivity contribution in [3.8, 4) is 0 Å². The van der Waals surface area contributed by atoms with E-state index in [0.29, 0.717) is 18.0 Å². The molecular weight excluding hydrogens is 224 g/mol. The molecule has 18 heavy (non-hydrogen) atoms. The van der Waals surface area contributed by atoms with Gasteiger partial charge < -0.3 is 15.7 Å². The highest BCUT2D eigenvalue weighted by atomic mass is 16.3. The number of hydrogen-bond acceptors (Lipinski definition) is 3. The highest BCUT2D eigenvalue weighted by Crippen LogP contribution is 2.30. The Bertz CT molecular complexity index is 259. The lowest BCUT2D eigenvalue weighted by molar-refractivity contribution is 0.0195. The summed E-state index contributed by atoms with van der Waals surface area (Å²) in [4.78, 5) is 2.38. The molecule has 5 atom stereocenters. The summed E-state index contributed by atoms with van der Waals surface area (Å²) >= 11 is 0. The van der Waals surface area contributed by atoms with Crippen LogP contribution in [0.4, 0.5) is 0 Å². The first kappa shape index (κ1) is 14.3. The van der Waals surface area contributed by atoms with Crippen molar-refractivity contribution in [3.05, 3.63) is 0 Å². The number of nitrogens with two attached hydrogens (primary N) is 1. The van der Waals surface area contributed by atoms with E-state index in [4.69, 9.17) is 5.73 Å². The summed E-state index contributed by atoms with van der Waals surface area (Å²) in [7, 11) is 2.17. The maximum Gasteiger partial charge on any atom is 0.0695 e. The van der Waals surface area contributed by atoms with Gasteiger partial charge in [-0.15, -0.1) is 0 Å². The predicted octanol–water partition coefficient (Wildman–Crippen LogP) is 1.99. The second-order valence-electron chi connectivity index (χ2n) is 6.70. The molecule has 5 unspecified atom stereocenters. The molecule has 106 valence electrons. The highest BCUT2D eigenvalue weighted by molar-refractivity contribution is 4.87. The van der Waals surface area contributed by atoms with Crippen molar-refractivity contribution in [2.75, 3.05) is 13.6 Å². The maximum atomic E-state index is 10.1. The third-order valence-electron chi connectivity index (χ3n) is 5.09. The molecule has 3 nitrogen and oxygen atoms in total. The van der Waals surface area contributed by atoms with E-state index in [9.17, 15) is 5.11 Å². The van der Waals surface area contributed by atoms with Gasteiger partial charge in [0.1, 0.15) is 0 Å². The molecule has 0 aromatic heterocycles. The third kappa shape index (κ3) is 3.46. The molecule has 0 aromatic rings. The first-order valence-corrected chi connectivity index (χ1v) is 7.71. The first-order valence-electron chi connectivity index (χ1n) is 7.71. The van der Waals surface area contributed by atoms with Crippen LogP contribution in [0.1, 0.15) is 51.9 Å². The van der Waals surface area contributed by atoms with Crippen molar-refractivity contribution < 1.29 is 5.11 Å². The Morgan fingerprint density at radius 3 is 2.61 bits per heavy atom. The second-order valence-corrected chi connectivity index (χ2v) is 6.70. The number of rotatable bonds is 3. The van der Waals surface area contributed by atoms with E-state index in [1.807, 2.05) is 0 Å². The molecular formula is C15H30N2O. The average Bonchev–Trinajstić information content (AvgIpc) is 2.34. The van der Waals surface area contributed by atoms with Crippen molar-refractivity contribution in [1.29, 1.82) is 0 Å². The molecule has 3 heteroatoms. The molecule has 2 aliphatic carbocycles. The van der Waals surface area contributed by atoms with Gasteiger partial charge in [-0.1, -0.05) is 19.8 Å². The molecule has 0 aliphatic heterocycles. The van der Waals surface area contributed by atoms with Gasteiger partial charge in [-0.05, 0) is 51.0 Å². The summed E-state index contributed by atoms with van der Waals surface area (Å²) in [6.45, 7) is 3.40. The van der Waals surface area contributed by atoms with Crippen LogP contribution >= 0.6 is 0 Å². The SMILES string of the molecule is CC1CCC(N)C(CN(C)C2CCCCC2O)C1. The fraction of sp³-hybridized carbons (Fsp3) is 1.00. The third-order valence-corrected chi connectivity index (χ3v) is 5.09. The summed E-state index contributed by atoms with van der Waals surface area (Å²) in [6, 6.07) is 0.729. The quantitative estimate of drug-likeness (QED) is 0.810. The minimum Gasteiger partial charge on any atom is -0.391 e. The van der Waals surface area contributed by atoms with Crippen LogP contribution < -0.4 is 5.73 Å². The minimum atomic E-state index is -0.124. The highest BCUT2D eigenvalue weighted by Gasteiger charge is 2.31. The minimum absolute atomic E-state index is 0.124. The summed E-state index contributed by atoms with van der Waals surface area (Å²) in [5.41, 5.74) is 6.26. The zero-order chi connectivity index (χ0) is 13.1. The Morgan fingerprint density at radius 2 is 1.89 bits per heavy atom. The Hall–Kier alpha value is -0.120. The van der Waals surface area contributed by atoms with Gasteiger partial charge in [0.2, 0.25) is 0 Å². The molecule has 0 saturated heterocycles. The summed E-state index contributed by atoms with van der Waals surface area (Å²) < 4.78 is 0. The Morgan fingerprint density at radius 1 is 1.17 bits per heavy atom. The van der Waals surface area contributed by atoms with E-state index >= 15 is 0 Å². The van der Waals surface area contributed by atoms with Crippen LogP contribution in [0.5, 0.6) is 0 Å². The van der Waals surface area contributed by atoms with Crippen molar-refractivity contribution >= 4 is 0 Å². The largest absolute Gasteiger partial charge is 0.391 e. The summed E-state index contributed by atoms with van der Waals surface area (Å²) in [6.07, 6.45) is 8.16. The Labute approximate surface area is 112 Å². The van der Waals surface area contributed by atoms with Crippen molar-refractivity contribution in [2.24, 2.45) is 17.6 Å². The molecule has 2 rings (SSSR count). The fourth-order valence-electron chi connectivity index (χ4n) is 3.84. The average molecular weight is 254 g/mol. The first-order chi connectivity index (χ1) is 8.58. The van der Waals surface area contributed by atoms with Gasteiger partial charge >= 0.3 is 0 Å². The van der Waals surface area contributed by atoms with E-state index in [0.717, 1.165) is 25.3 Å². The lowest BCUT2D eigenvalue weighted by Crippen LogP contribution is -2.49. The number of hydrogen-bond donors (Lipinski definition) is 2. The normalized spacial score (nSPS) is 42.2. The van der Waals surface area contributed by atoms with Crippen LogP contribution in [0, 0.1) is 11.8 Å². The summed E-state index contributed by atoms with van der Waals surface area (Å²) in [5.74, 6) is 1.44. The van der Waals surface area contributed by atoms with Crippen LogP contribution in [-0.2, 0) is 0 Å². The molecule has 0 radical (unpaired) electrons. The summed E-state index contributed by atoms with van der Waals surface area (Å²) in [5, 5.41) is 10.1. The molecule has 0 bridgehead atoms. The Kier molecular flexibility index (Phi) is 5.05. The van der Waals surface area contributed by atoms with Gasteiger partial charge in [-0.2, -0.15) is 0 Å². The smallest absolute Gasteiger partial charge is 0.0695 e. The zero-order valence-corrected chi connectivity index (χ0v) is 12.0. The van der Waals surface area contributed by atoms with Crippen molar-refractivity contribution in [3.63, 3.8) is 0 Å². The van der Waals surface area contributed by atoms with E-state index in [1.165, 1.54) is 32.1 Å². The van der Waals surface area contributed by atoms with E-state index in [-0.39, 0.29) is 6.10 Å². The molecule has 2 aliphatic rings. The van der Waals surface area contributed by atoms with Crippen molar-refractivity contribution in [2.45, 2.75) is 70.1 Å². The van der Waals surface area contributed by atoms with Gasteiger partial charge in [0.05, 0.1) is 6.10 Å². The zero-order valence-electron chi connectivity index (χ0n) is 12.0. The van der Waals surface area contributed by atoms with Crippen LogP contribution in [0.2, 0.25) is 0 Å². The van der Waals surface area contributed by atoms with E-state index < -0.39 is 0 Å². The van der Waals surface area contributed by atoms with Crippen LogP contribution in [0.15, 0.2) is 0 Å². The number of aliphatic hydroxyl groups is 1. The van der Waals surface area contributed by atoms with Gasteiger partial charge in [-0.25, -0.2) is 0 Å². The molecule has 2 saturated carbocycles. The van der Waals surface area contributed by atoms with Crippen LogP contribution in [-0.4, -0.2) is 41.8 Å². The lowest BCUT2D eigenvalue weighted by Gasteiger charge is -2.40. The molecule has 0 aromatic carbocycles. The topological polar surface area (TPSA) is 49.5 Å². The standard InChI is InChI=1S/C15H30N2O/c1-11-7-8-13(16)12(9-11)10-17(2)14-5-3-4-6-15(14)18/h11-15,18H,3-10,16H2,1-2H3. The van der Waals surface area contributed by atoms with Gasteiger partial charge in [0, 0.05) is 18.6 Å². The van der Waals surface area contributed by atoms with E-state index in [1.54, 1.807) is 0 Å². The number of aliphatic hydroxyl groups excluding tert-OH is 1. The van der Waals surface area contributed by atoms with Crippen LogP contribution in [0.3, 0.4) is 0 Å². The maximum absolute atomic E-state index is 10.1. The monoisotopic (exact) mass is 254 g/mol. The number of likely N-dealkylation sites (N-methyl/N-ethyl adjacent to an activating group) is 1. The second kappa shape index (κ2) is 6.36. The molecule has 0 amide bonds.